The Hall–Kier alpha value is -2.16. The minimum atomic E-state index is -3.54. The van der Waals surface area contributed by atoms with E-state index < -0.39 is 10.0 Å². The molecule has 1 amide bonds. The number of rotatable bonds is 8. The molecule has 1 atom stereocenters. The first kappa shape index (κ1) is 22.5. The molecule has 7 nitrogen and oxygen atoms in total. The zero-order chi connectivity index (χ0) is 21.7. The number of hydrogen-bond acceptors (Lipinski definition) is 5. The van der Waals surface area contributed by atoms with Crippen molar-refractivity contribution in [3.63, 3.8) is 0 Å². The second-order valence-corrected chi connectivity index (χ2v) is 9.56. The van der Waals surface area contributed by atoms with E-state index in [9.17, 15) is 13.2 Å². The number of hydrogen-bond donors (Lipinski definition) is 1. The van der Waals surface area contributed by atoms with E-state index in [1.807, 2.05) is 24.3 Å². The fraction of sp³-hybridized carbons (Fsp3) is 0.350. The lowest BCUT2D eigenvalue weighted by Gasteiger charge is -2.26. The summed E-state index contributed by atoms with van der Waals surface area (Å²) < 4.78 is 36.9. The predicted octanol–water partition coefficient (Wildman–Crippen LogP) is 3.50. The van der Waals surface area contributed by atoms with Gasteiger partial charge in [0, 0.05) is 13.0 Å². The van der Waals surface area contributed by atoms with Gasteiger partial charge in [-0.3, -0.25) is 9.10 Å². The summed E-state index contributed by atoms with van der Waals surface area (Å²) in [5, 5.41) is 3.40. The molecule has 0 bridgehead atoms. The Labute approximate surface area is 185 Å². The summed E-state index contributed by atoms with van der Waals surface area (Å²) in [6, 6.07) is 12.0. The molecule has 0 aliphatic carbocycles. The third kappa shape index (κ3) is 5.93. The Bertz CT molecular complexity index is 1020. The van der Waals surface area contributed by atoms with Crippen LogP contribution in [0.4, 0.5) is 5.69 Å². The van der Waals surface area contributed by atoms with E-state index in [4.69, 9.17) is 32.7 Å². The van der Waals surface area contributed by atoms with Crippen LogP contribution in [0.1, 0.15) is 12.8 Å². The lowest BCUT2D eigenvalue weighted by Crippen LogP contribution is -2.41. The molecular weight excluding hydrogens is 451 g/mol. The summed E-state index contributed by atoms with van der Waals surface area (Å²) in [5.41, 5.74) is 0.402. The number of sulfonamides is 1. The van der Waals surface area contributed by atoms with E-state index in [-0.39, 0.29) is 30.0 Å². The Kier molecular flexibility index (Phi) is 7.33. The van der Waals surface area contributed by atoms with E-state index >= 15 is 0 Å². The van der Waals surface area contributed by atoms with E-state index in [0.29, 0.717) is 41.8 Å². The number of anilines is 1. The van der Waals surface area contributed by atoms with Crippen molar-refractivity contribution in [1.82, 2.24) is 5.32 Å². The molecule has 0 spiro atoms. The van der Waals surface area contributed by atoms with E-state index in [2.05, 4.69) is 5.32 Å². The minimum absolute atomic E-state index is 0.140. The number of halogens is 2. The number of carbonyl (C=O) groups excluding carboxylic acids is 1. The predicted molar refractivity (Wildman–Crippen MR) is 117 cm³/mol. The number of nitrogens with zero attached hydrogens (tertiary/aromatic N) is 1. The van der Waals surface area contributed by atoms with Gasteiger partial charge in [0.2, 0.25) is 15.9 Å². The highest BCUT2D eigenvalue weighted by atomic mass is 35.5. The van der Waals surface area contributed by atoms with Crippen molar-refractivity contribution in [3.05, 3.63) is 52.5 Å². The normalized spacial score (nSPS) is 15.5. The standard InChI is InChI=1S/C20H22Cl2N2O5S/c1-30(26,27)24(14-8-9-16(21)17(22)11-14)10-4-7-20(25)23-12-15-13-28-18-5-2-3-6-19(18)29-15/h2-3,5-6,8-9,11,15H,4,7,10,12-13H2,1H3,(H,23,25)/t15-/m1/s1. The van der Waals surface area contributed by atoms with E-state index in [1.165, 1.54) is 16.4 Å². The number of carbonyl (C=O) groups is 1. The van der Waals surface area contributed by atoms with Crippen LogP contribution in [0.2, 0.25) is 10.0 Å². The van der Waals surface area contributed by atoms with Crippen LogP contribution in [-0.4, -0.2) is 46.4 Å². The molecule has 0 fully saturated rings. The van der Waals surface area contributed by atoms with Crippen molar-refractivity contribution in [2.45, 2.75) is 18.9 Å². The number of ether oxygens (including phenoxy) is 2. The SMILES string of the molecule is CS(=O)(=O)N(CCCC(=O)NC[C@@H]1COc2ccccc2O1)c1ccc(Cl)c(Cl)c1. The van der Waals surface area contributed by atoms with Crippen LogP contribution in [0.25, 0.3) is 0 Å². The lowest BCUT2D eigenvalue weighted by molar-refractivity contribution is -0.121. The summed E-state index contributed by atoms with van der Waals surface area (Å²) in [7, 11) is -3.54. The van der Waals surface area contributed by atoms with Crippen LogP contribution in [0.15, 0.2) is 42.5 Å². The first-order valence-corrected chi connectivity index (χ1v) is 11.9. The van der Waals surface area contributed by atoms with Crippen molar-refractivity contribution >= 4 is 44.8 Å². The lowest BCUT2D eigenvalue weighted by atomic mass is 10.2. The summed E-state index contributed by atoms with van der Waals surface area (Å²) in [6.07, 6.45) is 1.32. The quantitative estimate of drug-likeness (QED) is 0.635. The van der Waals surface area contributed by atoms with Crippen molar-refractivity contribution in [3.8, 4) is 11.5 Å². The van der Waals surface area contributed by atoms with Gasteiger partial charge in [-0.15, -0.1) is 0 Å². The fourth-order valence-electron chi connectivity index (χ4n) is 2.99. The smallest absolute Gasteiger partial charge is 0.232 e. The first-order valence-electron chi connectivity index (χ1n) is 9.32. The topological polar surface area (TPSA) is 84.9 Å². The van der Waals surface area contributed by atoms with Gasteiger partial charge in [-0.2, -0.15) is 0 Å². The second kappa shape index (κ2) is 9.76. The third-order valence-electron chi connectivity index (χ3n) is 4.45. The number of benzene rings is 2. The van der Waals surface area contributed by atoms with Crippen LogP contribution in [-0.2, 0) is 14.8 Å². The molecule has 30 heavy (non-hydrogen) atoms. The van der Waals surface area contributed by atoms with Gasteiger partial charge in [0.05, 0.1) is 28.5 Å². The first-order chi connectivity index (χ1) is 14.2. The maximum absolute atomic E-state index is 12.2. The Morgan fingerprint density at radius 1 is 1.17 bits per heavy atom. The van der Waals surface area contributed by atoms with E-state index in [1.54, 1.807) is 6.07 Å². The molecule has 0 saturated carbocycles. The third-order valence-corrected chi connectivity index (χ3v) is 6.38. The van der Waals surface area contributed by atoms with Crippen LogP contribution < -0.4 is 19.1 Å². The Balaban J connectivity index is 1.48. The summed E-state index contributed by atoms with van der Waals surface area (Å²) in [6.45, 7) is 0.785. The van der Waals surface area contributed by atoms with Gasteiger partial charge in [-0.05, 0) is 36.8 Å². The zero-order valence-electron chi connectivity index (χ0n) is 16.3. The molecule has 3 rings (SSSR count). The molecule has 0 radical (unpaired) electrons. The van der Waals surface area contributed by atoms with Gasteiger partial charge in [0.15, 0.2) is 11.5 Å². The average molecular weight is 473 g/mol. The van der Waals surface area contributed by atoms with Crippen LogP contribution in [0.5, 0.6) is 11.5 Å². The number of fused-ring (bicyclic) bond motifs is 1. The number of amides is 1. The molecule has 1 N–H and O–H groups in total. The number of para-hydroxylation sites is 2. The zero-order valence-corrected chi connectivity index (χ0v) is 18.6. The molecule has 2 aromatic carbocycles. The highest BCUT2D eigenvalue weighted by molar-refractivity contribution is 7.92. The molecule has 0 saturated heterocycles. The van der Waals surface area contributed by atoms with E-state index in [0.717, 1.165) is 6.26 Å². The van der Waals surface area contributed by atoms with Gasteiger partial charge in [0.25, 0.3) is 0 Å². The molecule has 0 unspecified atom stereocenters. The van der Waals surface area contributed by atoms with Crippen molar-refractivity contribution < 1.29 is 22.7 Å². The summed E-state index contributed by atoms with van der Waals surface area (Å²) in [5.74, 6) is 1.14. The van der Waals surface area contributed by atoms with Gasteiger partial charge in [0.1, 0.15) is 12.7 Å². The number of nitrogens with one attached hydrogen (secondary N) is 1. The van der Waals surface area contributed by atoms with Crippen LogP contribution in [0.3, 0.4) is 0 Å². The molecule has 0 aromatic heterocycles. The monoisotopic (exact) mass is 472 g/mol. The maximum Gasteiger partial charge on any atom is 0.232 e. The van der Waals surface area contributed by atoms with Crippen molar-refractivity contribution in [1.29, 1.82) is 0 Å². The molecule has 1 aliphatic heterocycles. The fourth-order valence-corrected chi connectivity index (χ4v) is 4.24. The van der Waals surface area contributed by atoms with Gasteiger partial charge < -0.3 is 14.8 Å². The van der Waals surface area contributed by atoms with Crippen LogP contribution >= 0.6 is 23.2 Å². The van der Waals surface area contributed by atoms with Gasteiger partial charge in [-0.1, -0.05) is 35.3 Å². The Morgan fingerprint density at radius 2 is 1.90 bits per heavy atom. The Morgan fingerprint density at radius 3 is 2.60 bits per heavy atom. The van der Waals surface area contributed by atoms with Crippen molar-refractivity contribution in [2.24, 2.45) is 0 Å². The highest BCUT2D eigenvalue weighted by Crippen LogP contribution is 2.31. The highest BCUT2D eigenvalue weighted by Gasteiger charge is 2.22. The molecule has 1 heterocycles. The molecule has 2 aromatic rings. The largest absolute Gasteiger partial charge is 0.486 e. The van der Waals surface area contributed by atoms with Gasteiger partial charge >= 0.3 is 0 Å². The minimum Gasteiger partial charge on any atom is -0.486 e. The second-order valence-electron chi connectivity index (χ2n) is 6.84. The van der Waals surface area contributed by atoms with Crippen LogP contribution in [0, 0.1) is 0 Å². The van der Waals surface area contributed by atoms with Gasteiger partial charge in [-0.25, -0.2) is 8.42 Å². The molecular formula is C20H22Cl2N2O5S. The molecule has 1 aliphatic rings. The molecule has 10 heteroatoms. The molecule has 162 valence electrons. The maximum atomic E-state index is 12.2. The van der Waals surface area contributed by atoms with Crippen molar-refractivity contribution in [2.75, 3.05) is 30.3 Å². The summed E-state index contributed by atoms with van der Waals surface area (Å²) >= 11 is 11.9. The average Bonchev–Trinajstić information content (AvgIpc) is 2.71. The summed E-state index contributed by atoms with van der Waals surface area (Å²) in [4.78, 5) is 12.2.